The maximum absolute atomic E-state index is 12.5. The second kappa shape index (κ2) is 12.5. The molecule has 0 fully saturated rings. The number of nitrogens with one attached hydrogen (secondary N) is 3. The molecule has 0 bridgehead atoms. The summed E-state index contributed by atoms with van der Waals surface area (Å²) < 4.78 is 16.7. The molecular formula is C24H24BrClN4O7. The zero-order valence-electron chi connectivity index (χ0n) is 20.1. The van der Waals surface area contributed by atoms with Gasteiger partial charge in [-0.2, -0.15) is 5.10 Å². The average Bonchev–Trinajstić information content (AvgIpc) is 2.85. The Morgan fingerprint density at radius 1 is 1.27 bits per heavy atom. The minimum absolute atomic E-state index is 0.130. The Bertz CT molecular complexity index is 1280. The van der Waals surface area contributed by atoms with E-state index in [0.717, 1.165) is 0 Å². The molecule has 11 nitrogen and oxygen atoms in total. The van der Waals surface area contributed by atoms with Crippen molar-refractivity contribution in [1.82, 2.24) is 16.1 Å². The molecule has 0 radical (unpaired) electrons. The number of rotatable bonds is 9. The van der Waals surface area contributed by atoms with E-state index in [1.165, 1.54) is 19.4 Å². The Morgan fingerprint density at radius 2 is 2.03 bits per heavy atom. The first kappa shape index (κ1) is 27.8. The predicted molar refractivity (Wildman–Crippen MR) is 139 cm³/mol. The van der Waals surface area contributed by atoms with Gasteiger partial charge < -0.3 is 30.0 Å². The maximum Gasteiger partial charge on any atom is 0.338 e. The Labute approximate surface area is 225 Å². The van der Waals surface area contributed by atoms with Crippen molar-refractivity contribution in [2.24, 2.45) is 5.10 Å². The molecule has 1 atom stereocenters. The number of halogens is 2. The minimum atomic E-state index is -0.781. The van der Waals surface area contributed by atoms with Gasteiger partial charge in [-0.25, -0.2) is 15.0 Å². The predicted octanol–water partition coefficient (Wildman–Crippen LogP) is 3.54. The van der Waals surface area contributed by atoms with E-state index in [1.807, 2.05) is 0 Å². The van der Waals surface area contributed by atoms with Gasteiger partial charge in [0.1, 0.15) is 5.75 Å². The van der Waals surface area contributed by atoms with E-state index in [9.17, 15) is 19.5 Å². The first-order valence-electron chi connectivity index (χ1n) is 10.9. The summed E-state index contributed by atoms with van der Waals surface area (Å²) in [5, 5.41) is 19.2. The van der Waals surface area contributed by atoms with Crippen LogP contribution in [-0.4, -0.2) is 49.6 Å². The molecule has 0 spiro atoms. The molecule has 1 aliphatic rings. The van der Waals surface area contributed by atoms with Crippen molar-refractivity contribution in [2.45, 2.75) is 19.9 Å². The van der Waals surface area contributed by atoms with Crippen LogP contribution in [0.15, 0.2) is 51.2 Å². The fraction of sp³-hybridized carbons (Fsp3) is 0.250. The second-order valence-electron chi connectivity index (χ2n) is 7.61. The lowest BCUT2D eigenvalue weighted by molar-refractivity contribution is -0.139. The van der Waals surface area contributed by atoms with E-state index in [1.54, 1.807) is 38.1 Å². The summed E-state index contributed by atoms with van der Waals surface area (Å²) in [4.78, 5) is 36.8. The normalized spacial score (nSPS) is 15.2. The van der Waals surface area contributed by atoms with Crippen LogP contribution in [0, 0.1) is 0 Å². The molecule has 0 aromatic heterocycles. The third-order valence-electron chi connectivity index (χ3n) is 5.09. The second-order valence-corrected chi connectivity index (χ2v) is 8.93. The Kier molecular flexibility index (Phi) is 9.36. The van der Waals surface area contributed by atoms with Crippen LogP contribution < -0.4 is 25.5 Å². The van der Waals surface area contributed by atoms with Crippen molar-refractivity contribution in [3.05, 3.63) is 62.2 Å². The first-order chi connectivity index (χ1) is 17.6. The van der Waals surface area contributed by atoms with Crippen LogP contribution in [0.5, 0.6) is 17.2 Å². The van der Waals surface area contributed by atoms with E-state index in [2.05, 4.69) is 37.1 Å². The standard InChI is InChI=1S/C24H24BrClN4O7/c1-4-36-23(33)20-12(2)28-24(34)29-21(20)13-5-6-17(18(8-13)35-3)37-11-19(31)30-27-10-14-7-15(25)9-16(26)22(14)32/h5-10,21,32H,4,11H2,1-3H3,(H,30,31)(H2,28,29,34)/b27-10-/t21-/m0/s1. The van der Waals surface area contributed by atoms with Crippen LogP contribution in [-0.2, 0) is 14.3 Å². The molecule has 0 aliphatic carbocycles. The lowest BCUT2D eigenvalue weighted by Gasteiger charge is -2.28. The number of hydrazone groups is 1. The number of phenolic OH excluding ortho intramolecular Hbond substituents is 1. The molecule has 1 heterocycles. The molecule has 37 heavy (non-hydrogen) atoms. The van der Waals surface area contributed by atoms with Crippen LogP contribution in [0.25, 0.3) is 0 Å². The van der Waals surface area contributed by atoms with Gasteiger partial charge in [-0.05, 0) is 43.7 Å². The summed E-state index contributed by atoms with van der Waals surface area (Å²) in [6.45, 7) is 3.08. The topological polar surface area (TPSA) is 148 Å². The number of esters is 1. The molecular weight excluding hydrogens is 572 g/mol. The highest BCUT2D eigenvalue weighted by molar-refractivity contribution is 9.10. The molecule has 13 heteroatoms. The number of nitrogens with zero attached hydrogens (tertiary/aromatic N) is 1. The average molecular weight is 596 g/mol. The van der Waals surface area contributed by atoms with E-state index < -0.39 is 30.6 Å². The van der Waals surface area contributed by atoms with E-state index in [4.69, 9.17) is 25.8 Å². The molecule has 0 saturated heterocycles. The highest BCUT2D eigenvalue weighted by atomic mass is 79.9. The molecule has 196 valence electrons. The van der Waals surface area contributed by atoms with E-state index in [0.29, 0.717) is 21.3 Å². The Balaban J connectivity index is 1.70. The molecule has 3 rings (SSSR count). The number of phenols is 1. The number of hydrogen-bond acceptors (Lipinski definition) is 8. The number of carbonyl (C=O) groups is 3. The number of carbonyl (C=O) groups excluding carboxylic acids is 3. The van der Waals surface area contributed by atoms with Gasteiger partial charge in [0.15, 0.2) is 18.1 Å². The van der Waals surface area contributed by atoms with Crippen LogP contribution in [0.4, 0.5) is 4.79 Å². The largest absolute Gasteiger partial charge is 0.506 e. The van der Waals surface area contributed by atoms with Gasteiger partial charge in [0.25, 0.3) is 5.91 Å². The van der Waals surface area contributed by atoms with Gasteiger partial charge in [-0.15, -0.1) is 0 Å². The van der Waals surface area contributed by atoms with Crippen molar-refractivity contribution >= 4 is 51.7 Å². The van der Waals surface area contributed by atoms with Crippen LogP contribution in [0.2, 0.25) is 5.02 Å². The van der Waals surface area contributed by atoms with Crippen LogP contribution >= 0.6 is 27.5 Å². The SMILES string of the molecule is CCOC(=O)C1=C(C)NC(=O)N[C@H]1c1ccc(OCC(=O)N/N=C\c2cc(Br)cc(Cl)c2O)c(OC)c1. The van der Waals surface area contributed by atoms with Crippen molar-refractivity contribution in [3.8, 4) is 17.2 Å². The van der Waals surface area contributed by atoms with Crippen LogP contribution in [0.1, 0.15) is 31.0 Å². The summed E-state index contributed by atoms with van der Waals surface area (Å²) in [5.74, 6) is -0.786. The number of amides is 3. The quantitative estimate of drug-likeness (QED) is 0.197. The number of aromatic hydroxyl groups is 1. The third kappa shape index (κ3) is 6.92. The van der Waals surface area contributed by atoms with E-state index >= 15 is 0 Å². The smallest absolute Gasteiger partial charge is 0.338 e. The molecule has 0 unspecified atom stereocenters. The maximum atomic E-state index is 12.5. The number of ether oxygens (including phenoxy) is 3. The monoisotopic (exact) mass is 594 g/mol. The molecule has 2 aromatic carbocycles. The molecule has 4 N–H and O–H groups in total. The third-order valence-corrected chi connectivity index (χ3v) is 5.84. The molecule has 0 saturated carbocycles. The lowest BCUT2D eigenvalue weighted by atomic mass is 9.95. The molecule has 1 aliphatic heterocycles. The number of methoxy groups -OCH3 is 1. The van der Waals surface area contributed by atoms with Gasteiger partial charge in [0.05, 0.1) is 36.6 Å². The Hall–Kier alpha value is -3.77. The fourth-order valence-corrected chi connectivity index (χ4v) is 4.27. The summed E-state index contributed by atoms with van der Waals surface area (Å²) in [6, 6.07) is 6.63. The lowest BCUT2D eigenvalue weighted by Crippen LogP contribution is -2.45. The summed E-state index contributed by atoms with van der Waals surface area (Å²) >= 11 is 9.17. The van der Waals surface area contributed by atoms with Crippen LogP contribution in [0.3, 0.4) is 0 Å². The van der Waals surface area contributed by atoms with Crippen molar-refractivity contribution in [3.63, 3.8) is 0 Å². The number of benzene rings is 2. The number of hydrogen-bond donors (Lipinski definition) is 4. The Morgan fingerprint density at radius 3 is 2.73 bits per heavy atom. The highest BCUT2D eigenvalue weighted by Gasteiger charge is 2.32. The van der Waals surface area contributed by atoms with Crippen molar-refractivity contribution in [2.75, 3.05) is 20.3 Å². The number of urea groups is 1. The highest BCUT2D eigenvalue weighted by Crippen LogP contribution is 2.34. The first-order valence-corrected chi connectivity index (χ1v) is 12.1. The summed E-state index contributed by atoms with van der Waals surface area (Å²) in [7, 11) is 1.42. The van der Waals surface area contributed by atoms with Crippen molar-refractivity contribution < 1.29 is 33.7 Å². The van der Waals surface area contributed by atoms with Gasteiger partial charge >= 0.3 is 12.0 Å². The van der Waals surface area contributed by atoms with Gasteiger partial charge in [0.2, 0.25) is 0 Å². The van der Waals surface area contributed by atoms with Gasteiger partial charge in [-0.3, -0.25) is 4.79 Å². The zero-order chi connectivity index (χ0) is 27.1. The fourth-order valence-electron chi connectivity index (χ4n) is 3.44. The molecule has 3 amide bonds. The number of allylic oxidation sites excluding steroid dienone is 1. The van der Waals surface area contributed by atoms with Gasteiger partial charge in [-0.1, -0.05) is 33.6 Å². The summed E-state index contributed by atoms with van der Waals surface area (Å²) in [6.07, 6.45) is 1.24. The molecule has 2 aromatic rings. The van der Waals surface area contributed by atoms with Crippen molar-refractivity contribution in [1.29, 1.82) is 0 Å². The summed E-state index contributed by atoms with van der Waals surface area (Å²) in [5.41, 5.74) is 3.77. The zero-order valence-corrected chi connectivity index (χ0v) is 22.4. The van der Waals surface area contributed by atoms with E-state index in [-0.39, 0.29) is 34.5 Å². The van der Waals surface area contributed by atoms with Gasteiger partial charge in [0, 0.05) is 15.7 Å². The minimum Gasteiger partial charge on any atom is -0.506 e.